The van der Waals surface area contributed by atoms with E-state index < -0.39 is 52.3 Å². The van der Waals surface area contributed by atoms with Crippen LogP contribution in [0.3, 0.4) is 0 Å². The average molecular weight is 472 g/mol. The Morgan fingerprint density at radius 2 is 2.03 bits per heavy atom. The van der Waals surface area contributed by atoms with E-state index >= 15 is 0 Å². The minimum atomic E-state index is -1.77. The minimum Gasteiger partial charge on any atom is -0.504 e. The van der Waals surface area contributed by atoms with Crippen LogP contribution in [0.25, 0.3) is 0 Å². The molecule has 7 aliphatic rings. The first-order valence-electron chi connectivity index (χ1n) is 15.1. The van der Waals surface area contributed by atoms with Crippen molar-refractivity contribution in [3.05, 3.63) is 23.3 Å². The standard InChI is InChI=1S/C29H41NO4/c1-25(2,3)26(4,32)20-15-27-10-11-29(20,33-5)24-28(27)12-13-30(16-17-6-7-17)21(27)14-18-8-9-19(31)23(34-24)22(18)28/h8-9,17,20-21,24,31-32H,6-7,10-16H2,1-5H3/t20?,21-,24-,26+,27-,28+,29?/m1/s1/i6D2,16D2/t17?,20?,21-,24-,26+,27-,28+,29?. The number of ether oxygens (including phenoxy) is 2. The summed E-state index contributed by atoms with van der Waals surface area (Å²) in [6.07, 6.45) is 1.83. The number of nitrogens with zero attached hydrogens (tertiary/aromatic N) is 1. The van der Waals surface area contributed by atoms with Gasteiger partial charge in [0.15, 0.2) is 11.5 Å². The molecule has 5 heteroatoms. The number of aromatic hydroxyl groups is 1. The highest BCUT2D eigenvalue weighted by Crippen LogP contribution is 2.78. The van der Waals surface area contributed by atoms with Crippen molar-refractivity contribution in [1.82, 2.24) is 4.90 Å². The second kappa shape index (κ2) is 6.33. The molecule has 2 N–H and O–H groups in total. The Labute approximate surface area is 209 Å². The van der Waals surface area contributed by atoms with Crippen molar-refractivity contribution in [3.8, 4) is 11.5 Å². The number of fused-ring (bicyclic) bond motifs is 2. The van der Waals surface area contributed by atoms with Crippen molar-refractivity contribution in [2.45, 2.75) is 101 Å². The molecule has 0 aromatic heterocycles. The molecule has 4 bridgehead atoms. The lowest BCUT2D eigenvalue weighted by Gasteiger charge is -2.75. The number of aliphatic hydroxyl groups is 1. The highest BCUT2D eigenvalue weighted by Gasteiger charge is 2.82. The summed E-state index contributed by atoms with van der Waals surface area (Å²) in [6, 6.07) is 3.50. The van der Waals surface area contributed by atoms with E-state index in [1.165, 1.54) is 0 Å². The molecule has 0 radical (unpaired) electrons. The van der Waals surface area contributed by atoms with Gasteiger partial charge < -0.3 is 19.7 Å². The fourth-order valence-electron chi connectivity index (χ4n) is 9.14. The summed E-state index contributed by atoms with van der Waals surface area (Å²) in [4.78, 5) is 1.99. The van der Waals surface area contributed by atoms with E-state index in [1.54, 1.807) is 13.2 Å². The zero-order chi connectivity index (χ0) is 27.5. The topological polar surface area (TPSA) is 62.2 Å². The molecule has 4 saturated carbocycles. The summed E-state index contributed by atoms with van der Waals surface area (Å²) in [5.41, 5.74) is -0.956. The van der Waals surface area contributed by atoms with E-state index in [-0.39, 0.29) is 24.1 Å². The van der Waals surface area contributed by atoms with Gasteiger partial charge in [-0.25, -0.2) is 0 Å². The third kappa shape index (κ3) is 2.25. The van der Waals surface area contributed by atoms with E-state index in [4.69, 9.17) is 12.2 Å². The van der Waals surface area contributed by atoms with Gasteiger partial charge in [0.2, 0.25) is 0 Å². The third-order valence-corrected chi connectivity index (χ3v) is 11.3. The Morgan fingerprint density at radius 1 is 1.26 bits per heavy atom. The van der Waals surface area contributed by atoms with Crippen LogP contribution < -0.4 is 4.74 Å². The Morgan fingerprint density at radius 3 is 2.71 bits per heavy atom. The van der Waals surface area contributed by atoms with Crippen molar-refractivity contribution < 1.29 is 25.2 Å². The van der Waals surface area contributed by atoms with E-state index in [1.807, 2.05) is 17.9 Å². The van der Waals surface area contributed by atoms with Crippen molar-refractivity contribution in [2.75, 3.05) is 20.2 Å². The zero-order valence-electron chi connectivity index (χ0n) is 25.1. The number of benzene rings is 1. The van der Waals surface area contributed by atoms with Gasteiger partial charge in [0.25, 0.3) is 0 Å². The number of hydrogen-bond acceptors (Lipinski definition) is 5. The number of piperidine rings is 1. The molecule has 5 fully saturated rings. The van der Waals surface area contributed by atoms with E-state index in [0.29, 0.717) is 38.0 Å². The molecule has 1 saturated heterocycles. The fourth-order valence-corrected chi connectivity index (χ4v) is 9.14. The zero-order valence-corrected chi connectivity index (χ0v) is 21.1. The van der Waals surface area contributed by atoms with E-state index in [2.05, 4.69) is 20.8 Å². The predicted octanol–water partition coefficient (Wildman–Crippen LogP) is 4.41. The first-order valence-corrected chi connectivity index (χ1v) is 13.1. The Kier molecular flexibility index (Phi) is 3.36. The van der Waals surface area contributed by atoms with Crippen LogP contribution in [-0.4, -0.2) is 58.6 Å². The van der Waals surface area contributed by atoms with Crippen LogP contribution >= 0.6 is 0 Å². The molecule has 2 aliphatic heterocycles. The summed E-state index contributed by atoms with van der Waals surface area (Å²) in [7, 11) is 1.73. The first kappa shape index (κ1) is 18.0. The summed E-state index contributed by atoms with van der Waals surface area (Å²) >= 11 is 0. The summed E-state index contributed by atoms with van der Waals surface area (Å²) in [5, 5.41) is 23.2. The second-order valence-corrected chi connectivity index (χ2v) is 13.1. The molecule has 0 amide bonds. The highest BCUT2D eigenvalue weighted by atomic mass is 16.6. The van der Waals surface area contributed by atoms with Gasteiger partial charge in [-0.2, -0.15) is 0 Å². The normalized spacial score (nSPS) is 49.1. The predicted molar refractivity (Wildman–Crippen MR) is 130 cm³/mol. The highest BCUT2D eigenvalue weighted by molar-refractivity contribution is 5.63. The Balaban J connectivity index is 1.47. The molecule has 3 unspecified atom stereocenters. The average Bonchev–Trinajstić information content (AvgIpc) is 3.33. The Hall–Kier alpha value is -1.30. The van der Waals surface area contributed by atoms with Gasteiger partial charge in [0.05, 0.1) is 5.60 Å². The smallest absolute Gasteiger partial charge is 0.165 e. The number of hydrogen-bond donors (Lipinski definition) is 2. The van der Waals surface area contributed by atoms with Crippen molar-refractivity contribution >= 4 is 0 Å². The summed E-state index contributed by atoms with van der Waals surface area (Å²) in [5.74, 6) is -0.225. The van der Waals surface area contributed by atoms with Crippen LogP contribution in [0.2, 0.25) is 0 Å². The first-order chi connectivity index (χ1) is 17.5. The van der Waals surface area contributed by atoms with Crippen LogP contribution in [-0.2, 0) is 16.6 Å². The Bertz CT molecular complexity index is 1230. The largest absolute Gasteiger partial charge is 0.504 e. The molecule has 186 valence electrons. The van der Waals surface area contributed by atoms with E-state index in [9.17, 15) is 13.0 Å². The number of likely N-dealkylation sites (tertiary alicyclic amines) is 1. The van der Waals surface area contributed by atoms with Crippen LogP contribution in [0.5, 0.6) is 11.5 Å². The maximum absolute atomic E-state index is 12.2. The van der Waals surface area contributed by atoms with Gasteiger partial charge in [-0.05, 0) is 81.3 Å². The third-order valence-electron chi connectivity index (χ3n) is 11.3. The maximum Gasteiger partial charge on any atom is 0.165 e. The molecule has 2 spiro atoms. The molecule has 8 rings (SSSR count). The van der Waals surface area contributed by atoms with Gasteiger partial charge in [0.1, 0.15) is 11.7 Å². The van der Waals surface area contributed by atoms with Crippen LogP contribution in [0.4, 0.5) is 0 Å². The lowest BCUT2D eigenvalue weighted by molar-refractivity contribution is -0.312. The molecule has 1 aromatic rings. The van der Waals surface area contributed by atoms with Crippen molar-refractivity contribution in [3.63, 3.8) is 0 Å². The number of rotatable bonds is 4. The van der Waals surface area contributed by atoms with Gasteiger partial charge in [-0.3, -0.25) is 4.90 Å². The molecular formula is C29H41NO4. The SMILES string of the molecule is [2H]C1([2H])CC1C([2H])([2H])N1CC[C@]23c4c5ccc(O)c4O[C@H]2C2(OC)CC[C@@]3(CC2[C@](C)(O)C(C)(C)C)[C@H]1C5. The number of phenols is 1. The molecule has 8 atom stereocenters. The van der Waals surface area contributed by atoms with E-state index in [0.717, 1.165) is 17.5 Å². The summed E-state index contributed by atoms with van der Waals surface area (Å²) in [6.45, 7) is 6.82. The van der Waals surface area contributed by atoms with Crippen LogP contribution in [0, 0.1) is 22.7 Å². The number of phenolic OH excluding ortho intramolecular Hbond substituents is 1. The fraction of sp³-hybridized carbons (Fsp3) is 0.793. The molecule has 5 aliphatic carbocycles. The quantitative estimate of drug-likeness (QED) is 0.681. The molecular weight excluding hydrogens is 426 g/mol. The van der Waals surface area contributed by atoms with Crippen molar-refractivity contribution in [1.29, 1.82) is 0 Å². The van der Waals surface area contributed by atoms with Gasteiger partial charge in [-0.1, -0.05) is 26.8 Å². The number of methoxy groups -OCH3 is 1. The van der Waals surface area contributed by atoms with Crippen molar-refractivity contribution in [2.24, 2.45) is 22.7 Å². The van der Waals surface area contributed by atoms with Gasteiger partial charge in [0, 0.05) is 47.4 Å². The minimum absolute atomic E-state index is 0.134. The van der Waals surface area contributed by atoms with Gasteiger partial charge in [-0.15, -0.1) is 0 Å². The molecule has 2 heterocycles. The van der Waals surface area contributed by atoms with Crippen LogP contribution in [0.15, 0.2) is 12.1 Å². The second-order valence-electron chi connectivity index (χ2n) is 13.1. The molecule has 5 nitrogen and oxygen atoms in total. The van der Waals surface area contributed by atoms with Crippen LogP contribution in [0.1, 0.15) is 82.8 Å². The molecule has 1 aromatic carbocycles. The lowest BCUT2D eigenvalue weighted by Crippen LogP contribution is -2.83. The van der Waals surface area contributed by atoms with Gasteiger partial charge >= 0.3 is 0 Å². The maximum atomic E-state index is 12.2. The molecule has 34 heavy (non-hydrogen) atoms. The monoisotopic (exact) mass is 471 g/mol. The summed E-state index contributed by atoms with van der Waals surface area (Å²) < 4.78 is 48.3. The lowest BCUT2D eigenvalue weighted by atomic mass is 9.33.